The molecule has 17 heteroatoms. The van der Waals surface area contributed by atoms with Gasteiger partial charge >= 0.3 is 5.97 Å². The number of aliphatic carboxylic acids is 1. The molecule has 0 bridgehead atoms. The van der Waals surface area contributed by atoms with Crippen LogP contribution in [0.15, 0.2) is 29.4 Å². The number of carboxylic acids is 1. The number of amides is 4. The van der Waals surface area contributed by atoms with E-state index < -0.39 is 36.2 Å². The Morgan fingerprint density at radius 1 is 0.712 bits per heavy atom. The van der Waals surface area contributed by atoms with E-state index in [-0.39, 0.29) is 42.0 Å². The van der Waals surface area contributed by atoms with Crippen molar-refractivity contribution in [1.82, 2.24) is 21.3 Å². The number of hydrogen-bond donors (Lipinski definition) is 8. The van der Waals surface area contributed by atoms with E-state index in [0.29, 0.717) is 24.9 Å². The Morgan fingerprint density at radius 2 is 1.19 bits per heavy atom. The Morgan fingerprint density at radius 3 is 1.63 bits per heavy atom. The number of aliphatic hydroxyl groups excluding tert-OH is 2. The average molecular weight is 835 g/mol. The third-order valence-electron chi connectivity index (χ3n) is 9.26. The van der Waals surface area contributed by atoms with E-state index in [1.165, 1.54) is 6.08 Å². The van der Waals surface area contributed by atoms with Gasteiger partial charge in [-0.1, -0.05) is 84.0 Å². The molecular weight excluding hydrogens is 761 g/mol. The maximum Gasteiger partial charge on any atom is 0.327 e. The molecular formula is C42H74N8O9. The Hall–Kier alpha value is -4.02. The van der Waals surface area contributed by atoms with Crippen molar-refractivity contribution >= 4 is 29.6 Å². The molecule has 4 amide bonds. The van der Waals surface area contributed by atoms with Crippen LogP contribution in [0.1, 0.15) is 150 Å². The molecule has 9 N–H and O–H groups in total. The second-order valence-electron chi connectivity index (χ2n) is 15.6. The van der Waals surface area contributed by atoms with Crippen LogP contribution in [0.4, 0.5) is 0 Å². The predicted octanol–water partition coefficient (Wildman–Crippen LogP) is 4.74. The van der Waals surface area contributed by atoms with Crippen molar-refractivity contribution in [3.05, 3.63) is 34.7 Å². The summed E-state index contributed by atoms with van der Waals surface area (Å²) in [6.45, 7) is 10.1. The number of nitrogens with one attached hydrogen (secondary N) is 4. The van der Waals surface area contributed by atoms with Crippen molar-refractivity contribution in [2.75, 3.05) is 0 Å². The lowest BCUT2D eigenvalue weighted by Gasteiger charge is -2.17. The molecule has 0 aromatic heterocycles. The van der Waals surface area contributed by atoms with Gasteiger partial charge in [0.05, 0.1) is 12.1 Å². The predicted molar refractivity (Wildman–Crippen MR) is 227 cm³/mol. The molecule has 5 aliphatic rings. The van der Waals surface area contributed by atoms with Gasteiger partial charge in [0, 0.05) is 41.2 Å². The topological polar surface area (TPSA) is 281 Å². The number of hydrogen-bond acceptors (Lipinski definition) is 10. The lowest BCUT2D eigenvalue weighted by atomic mass is 10.1. The van der Waals surface area contributed by atoms with Crippen LogP contribution in [-0.2, 0) is 28.7 Å². The fourth-order valence-electron chi connectivity index (χ4n) is 5.10. The fraction of sp³-hybridized carbons (Fsp3) is 0.786. The highest BCUT2D eigenvalue weighted by Crippen LogP contribution is 2.28. The summed E-state index contributed by atoms with van der Waals surface area (Å²) in [4.78, 5) is 57.4. The van der Waals surface area contributed by atoms with Crippen molar-refractivity contribution in [2.24, 2.45) is 10.8 Å². The fourth-order valence-corrected chi connectivity index (χ4v) is 5.10. The van der Waals surface area contributed by atoms with E-state index in [0.717, 1.165) is 103 Å². The van der Waals surface area contributed by atoms with Crippen molar-refractivity contribution in [2.45, 2.75) is 211 Å². The number of azide groups is 1. The van der Waals surface area contributed by atoms with Gasteiger partial charge < -0.3 is 47.1 Å². The van der Waals surface area contributed by atoms with Crippen LogP contribution >= 0.6 is 0 Å². The van der Waals surface area contributed by atoms with Gasteiger partial charge in [-0.15, -0.1) is 0 Å². The molecule has 0 aromatic rings. The van der Waals surface area contributed by atoms with Gasteiger partial charge in [0.25, 0.3) is 11.8 Å². The summed E-state index contributed by atoms with van der Waals surface area (Å²) in [5.74, 6) is -1.43. The summed E-state index contributed by atoms with van der Waals surface area (Å²) >= 11 is 0. The molecule has 4 aliphatic carbocycles. The minimum Gasteiger partial charge on any atom is -0.478 e. The second-order valence-corrected chi connectivity index (χ2v) is 15.6. The van der Waals surface area contributed by atoms with Gasteiger partial charge in [0.15, 0.2) is 6.10 Å². The number of unbranched alkanes of at least 4 members (excludes halogenated alkanes) is 2. The molecule has 59 heavy (non-hydrogen) atoms. The number of carbonyl (C=O) groups excluding carboxylic acids is 4. The highest BCUT2D eigenvalue weighted by atomic mass is 16.6. The van der Waals surface area contributed by atoms with Gasteiger partial charge in [-0.05, 0) is 95.1 Å². The van der Waals surface area contributed by atoms with Crippen LogP contribution < -0.4 is 27.0 Å². The maximum atomic E-state index is 11.4. The molecule has 1 aliphatic heterocycles. The Balaban J connectivity index is 0.000000374. The number of epoxide rings is 1. The molecule has 5 rings (SSSR count). The number of nitrogens with zero attached hydrogens (tertiary/aromatic N) is 3. The highest BCUT2D eigenvalue weighted by molar-refractivity contribution is 5.88. The SMILES string of the molecule is CCC/C=C/C(=O)NC1CC1.CCC/C=C/C(=O)O.CCCC(N)C(O)C(=O)NC1CC1.CCCC(N=[N+]=[N-])C(O)C(=O)NC1CC1.CCCC1OC1C(=O)NC1CC1. The van der Waals surface area contributed by atoms with Crippen molar-refractivity contribution in [3.63, 3.8) is 0 Å². The first-order valence-electron chi connectivity index (χ1n) is 21.8. The summed E-state index contributed by atoms with van der Waals surface area (Å²) < 4.78 is 5.24. The third kappa shape index (κ3) is 28.2. The van der Waals surface area contributed by atoms with Crippen LogP contribution in [0.25, 0.3) is 10.4 Å². The molecule has 6 atom stereocenters. The first-order valence-corrected chi connectivity index (χ1v) is 21.8. The number of ether oxygens (including phenoxy) is 1. The lowest BCUT2D eigenvalue weighted by Crippen LogP contribution is -2.46. The van der Waals surface area contributed by atoms with Crippen molar-refractivity contribution in [3.8, 4) is 0 Å². The third-order valence-corrected chi connectivity index (χ3v) is 9.26. The molecule has 5 fully saturated rings. The molecule has 0 radical (unpaired) electrons. The summed E-state index contributed by atoms with van der Waals surface area (Å²) in [7, 11) is 0. The lowest BCUT2D eigenvalue weighted by molar-refractivity contribution is -0.132. The van der Waals surface area contributed by atoms with Crippen molar-refractivity contribution in [1.29, 1.82) is 0 Å². The van der Waals surface area contributed by atoms with Gasteiger partial charge in [0.2, 0.25) is 11.8 Å². The molecule has 1 heterocycles. The Bertz CT molecular complexity index is 1360. The number of carboxylic acid groups (broad SMARTS) is 1. The van der Waals surface area contributed by atoms with E-state index in [1.807, 2.05) is 26.8 Å². The number of nitrogens with two attached hydrogens (primary N) is 1. The van der Waals surface area contributed by atoms with Crippen molar-refractivity contribution < 1.29 is 44.0 Å². The molecule has 17 nitrogen and oxygen atoms in total. The molecule has 4 saturated carbocycles. The number of rotatable bonds is 22. The minimum absolute atomic E-state index is 0.0703. The van der Waals surface area contributed by atoms with Crippen LogP contribution in [0.5, 0.6) is 0 Å². The summed E-state index contributed by atoms with van der Waals surface area (Å²) in [5.41, 5.74) is 13.9. The van der Waals surface area contributed by atoms with Gasteiger partial charge in [0.1, 0.15) is 12.2 Å². The molecule has 0 aromatic carbocycles. The number of allylic oxidation sites excluding steroid dienone is 2. The summed E-state index contributed by atoms with van der Waals surface area (Å²) in [6.07, 6.45) is 21.8. The molecule has 0 spiro atoms. The zero-order valence-corrected chi connectivity index (χ0v) is 36.0. The standard InChI is InChI=1S/C9H16N4O2.C9H18N2O2.C9H15NO2.C9H15NO.C6H10O2/c1-2-3-7(12-13-10)8(14)9(15)11-6-4-5-6;1-2-3-7(10)8(12)9(13)11-6-4-5-6;1-2-3-7-8(12-7)9(11)10-6-4-5-6;1-2-3-4-5-9(11)10-8-6-7-8;1-2-3-4-5-6(7)8/h6-8,14H,2-5H2,1H3,(H,11,15);6-8,12H,2-5,10H2,1H3,(H,11,13);6-8H,2-5H2,1H3,(H,10,11);4-5,8H,2-3,6-7H2,1H3,(H,10,11);4-5H,2-3H2,1H3,(H,7,8)/b;;;2*5-4+. The van der Waals surface area contributed by atoms with E-state index in [4.69, 9.17) is 21.1 Å². The van der Waals surface area contributed by atoms with Gasteiger partial charge in [-0.25, -0.2) is 4.79 Å². The summed E-state index contributed by atoms with van der Waals surface area (Å²) in [6, 6.07) is 0.358. The first-order chi connectivity index (χ1) is 28.2. The second kappa shape index (κ2) is 30.9. The number of aliphatic hydroxyl groups is 2. The molecule has 6 unspecified atom stereocenters. The normalized spacial score (nSPS) is 20.7. The Labute approximate surface area is 350 Å². The molecule has 1 saturated heterocycles. The van der Waals surface area contributed by atoms with Crippen LogP contribution in [0.3, 0.4) is 0 Å². The zero-order valence-electron chi connectivity index (χ0n) is 36.0. The quantitative estimate of drug-likeness (QED) is 0.0244. The van der Waals surface area contributed by atoms with Gasteiger partial charge in [-0.2, -0.15) is 0 Å². The monoisotopic (exact) mass is 835 g/mol. The van der Waals surface area contributed by atoms with Crippen LogP contribution in [-0.4, -0.2) is 106 Å². The largest absolute Gasteiger partial charge is 0.478 e. The van der Waals surface area contributed by atoms with Gasteiger partial charge in [-0.3, -0.25) is 19.2 Å². The Kier molecular flexibility index (Phi) is 27.8. The van der Waals surface area contributed by atoms with Crippen LogP contribution in [0.2, 0.25) is 0 Å². The average Bonchev–Trinajstić information content (AvgIpc) is 3.98. The van der Waals surface area contributed by atoms with E-state index in [1.54, 1.807) is 12.2 Å². The zero-order chi connectivity index (χ0) is 44.2. The van der Waals surface area contributed by atoms with E-state index in [2.05, 4.69) is 45.1 Å². The smallest absolute Gasteiger partial charge is 0.327 e. The maximum absolute atomic E-state index is 11.4. The van der Waals surface area contributed by atoms with E-state index in [9.17, 15) is 34.2 Å². The van der Waals surface area contributed by atoms with Crippen LogP contribution in [0, 0.1) is 0 Å². The minimum atomic E-state index is -1.22. The molecule has 336 valence electrons. The number of carbonyl (C=O) groups is 5. The summed E-state index contributed by atoms with van der Waals surface area (Å²) in [5, 5.41) is 41.8. The first kappa shape index (κ1) is 53.0. The van der Waals surface area contributed by atoms with E-state index >= 15 is 0 Å². The highest BCUT2D eigenvalue weighted by Gasteiger charge is 2.45.